The maximum Gasteiger partial charge on any atom is 0.192 e. The third kappa shape index (κ3) is 1.71. The largest absolute Gasteiger partial charge is 0.467 e. The maximum absolute atomic E-state index is 5.74. The van der Waals surface area contributed by atoms with Crippen molar-refractivity contribution in [3.8, 4) is 5.75 Å². The number of hydrogen-bond donors (Lipinski definition) is 0. The summed E-state index contributed by atoms with van der Waals surface area (Å²) in [7, 11) is 1.60. The zero-order valence-corrected chi connectivity index (χ0v) is 8.58. The summed E-state index contributed by atoms with van der Waals surface area (Å²) < 4.78 is 15.7. The topological polar surface area (TPSA) is 27.7 Å². The number of rotatable bonds is 2. The number of ether oxygens (including phenoxy) is 3. The van der Waals surface area contributed by atoms with Crippen LogP contribution in [0.4, 0.5) is 0 Å². The predicted octanol–water partition coefficient (Wildman–Crippen LogP) is 2.44. The van der Waals surface area contributed by atoms with Crippen LogP contribution >= 0.6 is 11.6 Å². The Bertz CT molecular complexity index is 327. The average Bonchev–Trinajstić information content (AvgIpc) is 2.27. The van der Waals surface area contributed by atoms with Crippen LogP contribution in [0.5, 0.6) is 5.75 Å². The van der Waals surface area contributed by atoms with Crippen molar-refractivity contribution in [2.45, 2.75) is 12.2 Å². The number of hydrogen-bond acceptors (Lipinski definition) is 3. The van der Waals surface area contributed by atoms with E-state index in [9.17, 15) is 0 Å². The molecule has 76 valence electrons. The molecule has 0 aliphatic carbocycles. The lowest BCUT2D eigenvalue weighted by Crippen LogP contribution is -2.18. The Balaban J connectivity index is 2.38. The lowest BCUT2D eigenvalue weighted by Gasteiger charge is -2.25. The quantitative estimate of drug-likeness (QED) is 0.708. The van der Waals surface area contributed by atoms with E-state index < -0.39 is 0 Å². The SMILES string of the molecule is COC1OCOc2ccc(CCl)cc21. The molecule has 0 amide bonds. The van der Waals surface area contributed by atoms with E-state index in [-0.39, 0.29) is 13.1 Å². The van der Waals surface area contributed by atoms with Crippen LogP contribution in [-0.4, -0.2) is 13.9 Å². The van der Waals surface area contributed by atoms with Gasteiger partial charge in [-0.25, -0.2) is 0 Å². The molecule has 1 aliphatic rings. The molecule has 0 aromatic heterocycles. The number of benzene rings is 1. The highest BCUT2D eigenvalue weighted by Gasteiger charge is 2.21. The smallest absolute Gasteiger partial charge is 0.192 e. The fourth-order valence-electron chi connectivity index (χ4n) is 1.44. The molecule has 0 radical (unpaired) electrons. The molecule has 0 fully saturated rings. The number of fused-ring (bicyclic) bond motifs is 1. The third-order valence-corrected chi connectivity index (χ3v) is 2.44. The summed E-state index contributed by atoms with van der Waals surface area (Å²) in [6, 6.07) is 5.76. The van der Waals surface area contributed by atoms with Crippen LogP contribution in [0, 0.1) is 0 Å². The molecule has 4 heteroatoms. The van der Waals surface area contributed by atoms with Crippen LogP contribution in [0.3, 0.4) is 0 Å². The van der Waals surface area contributed by atoms with Crippen molar-refractivity contribution >= 4 is 11.6 Å². The van der Waals surface area contributed by atoms with E-state index in [2.05, 4.69) is 0 Å². The number of alkyl halides is 1. The second-order valence-electron chi connectivity index (χ2n) is 3.00. The normalized spacial score (nSPS) is 20.0. The van der Waals surface area contributed by atoms with Gasteiger partial charge in [0.1, 0.15) is 5.75 Å². The van der Waals surface area contributed by atoms with Crippen molar-refractivity contribution in [2.75, 3.05) is 13.9 Å². The zero-order chi connectivity index (χ0) is 9.97. The second-order valence-corrected chi connectivity index (χ2v) is 3.27. The van der Waals surface area contributed by atoms with Gasteiger partial charge in [-0.3, -0.25) is 0 Å². The summed E-state index contributed by atoms with van der Waals surface area (Å²) >= 11 is 5.74. The molecule has 0 saturated heterocycles. The highest BCUT2D eigenvalue weighted by Crippen LogP contribution is 2.33. The molecule has 0 bridgehead atoms. The molecular formula is C10H11ClO3. The monoisotopic (exact) mass is 214 g/mol. The molecule has 0 spiro atoms. The fraction of sp³-hybridized carbons (Fsp3) is 0.400. The molecule has 14 heavy (non-hydrogen) atoms. The van der Waals surface area contributed by atoms with Crippen molar-refractivity contribution in [3.05, 3.63) is 29.3 Å². The van der Waals surface area contributed by atoms with Gasteiger partial charge in [-0.05, 0) is 17.7 Å². The van der Waals surface area contributed by atoms with E-state index in [0.29, 0.717) is 5.88 Å². The highest BCUT2D eigenvalue weighted by atomic mass is 35.5. The molecule has 1 unspecified atom stereocenters. The summed E-state index contributed by atoms with van der Waals surface area (Å²) in [6.07, 6.45) is -0.345. The van der Waals surface area contributed by atoms with E-state index in [1.807, 2.05) is 18.2 Å². The van der Waals surface area contributed by atoms with Crippen molar-refractivity contribution in [1.29, 1.82) is 0 Å². The Morgan fingerprint density at radius 1 is 1.57 bits per heavy atom. The first-order valence-corrected chi connectivity index (χ1v) is 4.84. The van der Waals surface area contributed by atoms with Gasteiger partial charge >= 0.3 is 0 Å². The van der Waals surface area contributed by atoms with Gasteiger partial charge in [-0.2, -0.15) is 0 Å². The Hall–Kier alpha value is -0.770. The first kappa shape index (κ1) is 9.77. The summed E-state index contributed by atoms with van der Waals surface area (Å²) in [6.45, 7) is 0.228. The zero-order valence-electron chi connectivity index (χ0n) is 7.83. The summed E-state index contributed by atoms with van der Waals surface area (Å²) in [5.41, 5.74) is 1.93. The van der Waals surface area contributed by atoms with Crippen molar-refractivity contribution in [2.24, 2.45) is 0 Å². The van der Waals surface area contributed by atoms with Gasteiger partial charge in [-0.15, -0.1) is 11.6 Å². The molecule has 1 aliphatic heterocycles. The number of halogens is 1. The van der Waals surface area contributed by atoms with Crippen molar-refractivity contribution in [3.63, 3.8) is 0 Å². The van der Waals surface area contributed by atoms with Crippen LogP contribution in [0.2, 0.25) is 0 Å². The van der Waals surface area contributed by atoms with Crippen molar-refractivity contribution < 1.29 is 14.2 Å². The van der Waals surface area contributed by atoms with Gasteiger partial charge in [0.25, 0.3) is 0 Å². The van der Waals surface area contributed by atoms with E-state index in [4.69, 9.17) is 25.8 Å². The van der Waals surface area contributed by atoms with E-state index >= 15 is 0 Å². The van der Waals surface area contributed by atoms with Gasteiger partial charge in [-0.1, -0.05) is 6.07 Å². The minimum absolute atomic E-state index is 0.228. The highest BCUT2D eigenvalue weighted by molar-refractivity contribution is 6.17. The molecule has 1 heterocycles. The van der Waals surface area contributed by atoms with Crippen molar-refractivity contribution in [1.82, 2.24) is 0 Å². The van der Waals surface area contributed by atoms with Gasteiger partial charge in [0.05, 0.1) is 5.56 Å². The lowest BCUT2D eigenvalue weighted by atomic mass is 10.1. The molecule has 0 saturated carbocycles. The average molecular weight is 215 g/mol. The Morgan fingerprint density at radius 2 is 2.43 bits per heavy atom. The molecule has 1 aromatic carbocycles. The van der Waals surface area contributed by atoms with Crippen LogP contribution in [-0.2, 0) is 15.4 Å². The second kappa shape index (κ2) is 4.17. The molecule has 2 rings (SSSR count). The number of methoxy groups -OCH3 is 1. The van der Waals surface area contributed by atoms with Gasteiger partial charge in [0.2, 0.25) is 0 Å². The van der Waals surface area contributed by atoms with Crippen LogP contribution < -0.4 is 4.74 Å². The van der Waals surface area contributed by atoms with Crippen LogP contribution in [0.1, 0.15) is 17.4 Å². The fourth-order valence-corrected chi connectivity index (χ4v) is 1.61. The summed E-state index contributed by atoms with van der Waals surface area (Å²) in [5, 5.41) is 0. The minimum Gasteiger partial charge on any atom is -0.467 e. The molecule has 1 atom stereocenters. The minimum atomic E-state index is -0.345. The standard InChI is InChI=1S/C10H11ClO3/c1-12-10-8-4-7(5-11)2-3-9(8)13-6-14-10/h2-4,10H,5-6H2,1H3. The van der Waals surface area contributed by atoms with Gasteiger partial charge < -0.3 is 14.2 Å². The molecular weight excluding hydrogens is 204 g/mol. The Labute approximate surface area is 87.5 Å². The molecule has 0 N–H and O–H groups in total. The predicted molar refractivity (Wildman–Crippen MR) is 52.3 cm³/mol. The van der Waals surface area contributed by atoms with Crippen LogP contribution in [0.15, 0.2) is 18.2 Å². The van der Waals surface area contributed by atoms with E-state index in [1.54, 1.807) is 7.11 Å². The summed E-state index contributed by atoms with van der Waals surface area (Å²) in [5.74, 6) is 1.28. The Kier molecular flexibility index (Phi) is 2.91. The van der Waals surface area contributed by atoms with Gasteiger partial charge in [0, 0.05) is 13.0 Å². The maximum atomic E-state index is 5.74. The molecule has 3 nitrogen and oxygen atoms in total. The first-order valence-electron chi connectivity index (χ1n) is 4.31. The van der Waals surface area contributed by atoms with E-state index in [0.717, 1.165) is 16.9 Å². The molecule has 1 aromatic rings. The lowest BCUT2D eigenvalue weighted by molar-refractivity contribution is -0.180. The van der Waals surface area contributed by atoms with Gasteiger partial charge in [0.15, 0.2) is 13.1 Å². The Morgan fingerprint density at radius 3 is 3.14 bits per heavy atom. The van der Waals surface area contributed by atoms with Crippen LogP contribution in [0.25, 0.3) is 0 Å². The summed E-state index contributed by atoms with van der Waals surface area (Å²) in [4.78, 5) is 0. The third-order valence-electron chi connectivity index (χ3n) is 2.13. The van der Waals surface area contributed by atoms with E-state index in [1.165, 1.54) is 0 Å². The first-order chi connectivity index (χ1) is 6.85.